The van der Waals surface area contributed by atoms with Crippen LogP contribution in [0.1, 0.15) is 16.7 Å². The fourth-order valence-corrected chi connectivity index (χ4v) is 2.17. The molecule has 0 aliphatic heterocycles. The van der Waals surface area contributed by atoms with Crippen molar-refractivity contribution in [2.45, 2.75) is 20.0 Å². The Morgan fingerprint density at radius 2 is 1.96 bits per heavy atom. The van der Waals surface area contributed by atoms with Crippen LogP contribution >= 0.6 is 0 Å². The van der Waals surface area contributed by atoms with Crippen molar-refractivity contribution in [3.63, 3.8) is 0 Å². The van der Waals surface area contributed by atoms with E-state index in [1.165, 1.54) is 18.2 Å². The fourth-order valence-electron chi connectivity index (χ4n) is 2.17. The van der Waals surface area contributed by atoms with Crippen LogP contribution in [0, 0.1) is 6.92 Å². The van der Waals surface area contributed by atoms with E-state index in [2.05, 4.69) is 10.1 Å². The molecule has 0 radical (unpaired) electrons. The van der Waals surface area contributed by atoms with Crippen LogP contribution in [0.15, 0.2) is 54.6 Å². The summed E-state index contributed by atoms with van der Waals surface area (Å²) in [5.41, 5.74) is 3.04. The summed E-state index contributed by atoms with van der Waals surface area (Å²) >= 11 is 0. The number of benzene rings is 2. The van der Waals surface area contributed by atoms with Gasteiger partial charge in [0.05, 0.1) is 0 Å². The maximum Gasteiger partial charge on any atom is 0.387 e. The number of hydrogen-bond donors (Lipinski definition) is 1. The van der Waals surface area contributed by atoms with E-state index in [9.17, 15) is 13.6 Å². The molecule has 2 rings (SSSR count). The van der Waals surface area contributed by atoms with Crippen LogP contribution in [0.4, 0.5) is 8.78 Å². The molecule has 5 heteroatoms. The number of carbonyl (C=O) groups is 1. The molecule has 0 aliphatic rings. The van der Waals surface area contributed by atoms with Crippen molar-refractivity contribution in [3.8, 4) is 5.75 Å². The summed E-state index contributed by atoms with van der Waals surface area (Å²) in [6.45, 7) is -0.364. The monoisotopic (exact) mass is 331 g/mol. The van der Waals surface area contributed by atoms with E-state index in [1.54, 1.807) is 18.2 Å². The van der Waals surface area contributed by atoms with Gasteiger partial charge in [-0.1, -0.05) is 42.0 Å². The minimum absolute atomic E-state index is 0.124. The molecule has 0 bridgehead atoms. The van der Waals surface area contributed by atoms with Crippen molar-refractivity contribution in [3.05, 3.63) is 71.3 Å². The number of amides is 1. The molecule has 0 saturated heterocycles. The second-order valence-electron chi connectivity index (χ2n) is 5.31. The van der Waals surface area contributed by atoms with Gasteiger partial charge in [-0.2, -0.15) is 8.78 Å². The van der Waals surface area contributed by atoms with Crippen molar-refractivity contribution >= 4 is 12.0 Å². The molecule has 126 valence electrons. The highest BCUT2D eigenvalue weighted by Gasteiger charge is 2.03. The van der Waals surface area contributed by atoms with Crippen LogP contribution in [0.5, 0.6) is 5.75 Å². The Kier molecular flexibility index (Phi) is 6.49. The van der Waals surface area contributed by atoms with Gasteiger partial charge in [0.25, 0.3) is 0 Å². The third-order valence-electron chi connectivity index (χ3n) is 3.33. The fraction of sp³-hybridized carbons (Fsp3) is 0.211. The molecule has 0 unspecified atom stereocenters. The van der Waals surface area contributed by atoms with Crippen LogP contribution in [0.2, 0.25) is 0 Å². The zero-order valence-electron chi connectivity index (χ0n) is 13.3. The van der Waals surface area contributed by atoms with E-state index in [-0.39, 0.29) is 11.7 Å². The molecule has 2 aromatic rings. The quantitative estimate of drug-likeness (QED) is 0.780. The van der Waals surface area contributed by atoms with Gasteiger partial charge in [0.2, 0.25) is 5.91 Å². The van der Waals surface area contributed by atoms with E-state index in [0.29, 0.717) is 13.0 Å². The number of hydrogen-bond acceptors (Lipinski definition) is 2. The zero-order valence-corrected chi connectivity index (χ0v) is 13.3. The molecule has 3 nitrogen and oxygen atoms in total. The van der Waals surface area contributed by atoms with Gasteiger partial charge >= 0.3 is 6.61 Å². The SMILES string of the molecule is Cc1cccc(/C=C/C(=O)NCCc2ccc(OC(F)F)cc2)c1. The Bertz CT molecular complexity index is 697. The van der Waals surface area contributed by atoms with Gasteiger partial charge in [0.15, 0.2) is 0 Å². The topological polar surface area (TPSA) is 38.3 Å². The van der Waals surface area contributed by atoms with Crippen molar-refractivity contribution in [2.75, 3.05) is 6.54 Å². The average molecular weight is 331 g/mol. The van der Waals surface area contributed by atoms with Gasteiger partial charge in [0.1, 0.15) is 5.75 Å². The van der Waals surface area contributed by atoms with Gasteiger partial charge in [0, 0.05) is 12.6 Å². The number of ether oxygens (including phenoxy) is 1. The summed E-state index contributed by atoms with van der Waals surface area (Å²) in [7, 11) is 0. The molecule has 1 amide bonds. The Morgan fingerprint density at radius 1 is 1.21 bits per heavy atom. The number of aryl methyl sites for hydroxylation is 1. The number of nitrogens with one attached hydrogen (secondary N) is 1. The van der Waals surface area contributed by atoms with Gasteiger partial charge in [-0.3, -0.25) is 4.79 Å². The Labute approximate surface area is 140 Å². The third kappa shape index (κ3) is 6.20. The lowest BCUT2D eigenvalue weighted by Crippen LogP contribution is -2.23. The number of halogens is 2. The highest BCUT2D eigenvalue weighted by atomic mass is 19.3. The zero-order chi connectivity index (χ0) is 17.4. The molecule has 0 saturated carbocycles. The van der Waals surface area contributed by atoms with Crippen LogP contribution in [0.25, 0.3) is 6.08 Å². The first-order chi connectivity index (χ1) is 11.5. The first-order valence-corrected chi connectivity index (χ1v) is 7.59. The molecule has 1 N–H and O–H groups in total. The maximum atomic E-state index is 12.1. The summed E-state index contributed by atoms with van der Waals surface area (Å²) in [6, 6.07) is 14.2. The molecule has 0 fully saturated rings. The van der Waals surface area contributed by atoms with Gasteiger partial charge < -0.3 is 10.1 Å². The van der Waals surface area contributed by atoms with Crippen LogP contribution < -0.4 is 10.1 Å². The largest absolute Gasteiger partial charge is 0.435 e. The summed E-state index contributed by atoms with van der Waals surface area (Å²) < 4.78 is 28.4. The standard InChI is InChI=1S/C19H19F2NO2/c1-14-3-2-4-16(13-14)7-10-18(23)22-12-11-15-5-8-17(9-6-15)24-19(20)21/h2-10,13,19H,11-12H2,1H3,(H,22,23)/b10-7+. The Morgan fingerprint density at radius 3 is 2.62 bits per heavy atom. The van der Waals surface area contributed by atoms with Gasteiger partial charge in [-0.15, -0.1) is 0 Å². The first kappa shape index (κ1) is 17.7. The molecule has 0 aromatic heterocycles. The molecule has 24 heavy (non-hydrogen) atoms. The van der Waals surface area contributed by atoms with E-state index >= 15 is 0 Å². The molecule has 0 heterocycles. The second kappa shape index (κ2) is 8.82. The number of alkyl halides is 2. The molecular weight excluding hydrogens is 312 g/mol. The van der Waals surface area contributed by atoms with Crippen molar-refractivity contribution < 1.29 is 18.3 Å². The van der Waals surface area contributed by atoms with E-state index in [0.717, 1.165) is 16.7 Å². The smallest absolute Gasteiger partial charge is 0.387 e. The molecule has 0 spiro atoms. The lowest BCUT2D eigenvalue weighted by atomic mass is 10.1. The summed E-state index contributed by atoms with van der Waals surface area (Å²) in [6.07, 6.45) is 3.87. The minimum atomic E-state index is -2.82. The number of rotatable bonds is 7. The van der Waals surface area contributed by atoms with Crippen molar-refractivity contribution in [2.24, 2.45) is 0 Å². The molecule has 0 aliphatic carbocycles. The minimum Gasteiger partial charge on any atom is -0.435 e. The van der Waals surface area contributed by atoms with Crippen LogP contribution in [-0.4, -0.2) is 19.1 Å². The summed E-state index contributed by atoms with van der Waals surface area (Å²) in [5.74, 6) is -0.0481. The lowest BCUT2D eigenvalue weighted by Gasteiger charge is -2.06. The van der Waals surface area contributed by atoms with Crippen LogP contribution in [-0.2, 0) is 11.2 Å². The maximum absolute atomic E-state index is 12.1. The second-order valence-corrected chi connectivity index (χ2v) is 5.31. The predicted molar refractivity (Wildman–Crippen MR) is 90.0 cm³/mol. The van der Waals surface area contributed by atoms with Crippen molar-refractivity contribution in [1.82, 2.24) is 5.32 Å². The average Bonchev–Trinajstić information content (AvgIpc) is 2.54. The van der Waals surface area contributed by atoms with Gasteiger partial charge in [-0.25, -0.2) is 0 Å². The van der Waals surface area contributed by atoms with E-state index in [1.807, 2.05) is 31.2 Å². The van der Waals surface area contributed by atoms with E-state index < -0.39 is 6.61 Å². The highest BCUT2D eigenvalue weighted by Crippen LogP contribution is 2.15. The Hall–Kier alpha value is -2.69. The molecular formula is C19H19F2NO2. The predicted octanol–water partition coefficient (Wildman–Crippen LogP) is 3.97. The van der Waals surface area contributed by atoms with Crippen LogP contribution in [0.3, 0.4) is 0 Å². The van der Waals surface area contributed by atoms with Gasteiger partial charge in [-0.05, 0) is 42.7 Å². The van der Waals surface area contributed by atoms with E-state index in [4.69, 9.17) is 0 Å². The summed E-state index contributed by atoms with van der Waals surface area (Å²) in [4.78, 5) is 11.8. The third-order valence-corrected chi connectivity index (χ3v) is 3.33. The number of carbonyl (C=O) groups excluding carboxylic acids is 1. The lowest BCUT2D eigenvalue weighted by molar-refractivity contribution is -0.116. The first-order valence-electron chi connectivity index (χ1n) is 7.59. The summed E-state index contributed by atoms with van der Waals surface area (Å²) in [5, 5.41) is 2.79. The normalized spacial score (nSPS) is 11.0. The highest BCUT2D eigenvalue weighted by molar-refractivity contribution is 5.91. The molecule has 2 aromatic carbocycles. The molecule has 0 atom stereocenters. The Balaban J connectivity index is 1.76. The van der Waals surface area contributed by atoms with Crippen molar-refractivity contribution in [1.29, 1.82) is 0 Å².